The lowest BCUT2D eigenvalue weighted by atomic mass is 10.2. The van der Waals surface area contributed by atoms with Gasteiger partial charge in [0.15, 0.2) is 0 Å². The van der Waals surface area contributed by atoms with Gasteiger partial charge in [-0.15, -0.1) is 0 Å². The Bertz CT molecular complexity index is 1330. The predicted molar refractivity (Wildman–Crippen MR) is 143 cm³/mol. The molecule has 0 radical (unpaired) electrons. The van der Waals surface area contributed by atoms with Gasteiger partial charge in [-0.3, -0.25) is 9.48 Å². The van der Waals surface area contributed by atoms with Crippen LogP contribution in [0.1, 0.15) is 44.5 Å². The molecule has 4 rings (SSSR count). The van der Waals surface area contributed by atoms with Gasteiger partial charge in [0.25, 0.3) is 5.91 Å². The van der Waals surface area contributed by atoms with E-state index in [2.05, 4.69) is 20.4 Å². The molecule has 1 aliphatic rings. The molecule has 1 saturated heterocycles. The van der Waals surface area contributed by atoms with Crippen LogP contribution in [0.4, 0.5) is 16.4 Å². The van der Waals surface area contributed by atoms with Gasteiger partial charge in [0.1, 0.15) is 22.4 Å². The lowest BCUT2D eigenvalue weighted by Crippen LogP contribution is -2.42. The van der Waals surface area contributed by atoms with E-state index in [1.54, 1.807) is 29.8 Å². The first-order valence-corrected chi connectivity index (χ1v) is 12.5. The zero-order valence-electron chi connectivity index (χ0n) is 22.9. The van der Waals surface area contributed by atoms with Crippen molar-refractivity contribution in [2.24, 2.45) is 7.05 Å². The molecule has 0 spiro atoms. The Kier molecular flexibility index (Phi) is 7.61. The maximum absolute atomic E-state index is 13.2. The number of aryl methyl sites for hydroxylation is 1. The number of carbonyl (C=O) groups is 2. The first-order valence-electron chi connectivity index (χ1n) is 12.5. The van der Waals surface area contributed by atoms with Crippen molar-refractivity contribution in [2.45, 2.75) is 45.8 Å². The Morgan fingerprint density at radius 1 is 1.26 bits per heavy atom. The van der Waals surface area contributed by atoms with Crippen LogP contribution in [0.15, 0.2) is 24.5 Å². The molecule has 12 heteroatoms. The Balaban J connectivity index is 1.50. The summed E-state index contributed by atoms with van der Waals surface area (Å²) in [5, 5.41) is 8.11. The smallest absolute Gasteiger partial charge is 0.410 e. The highest BCUT2D eigenvalue weighted by Crippen LogP contribution is 2.30. The Hall–Kier alpha value is -4.09. The summed E-state index contributed by atoms with van der Waals surface area (Å²) in [5.74, 6) is 0.765. The Morgan fingerprint density at radius 2 is 2.03 bits per heavy atom. The van der Waals surface area contributed by atoms with Gasteiger partial charge >= 0.3 is 6.09 Å². The van der Waals surface area contributed by atoms with Crippen LogP contribution in [0.25, 0.3) is 10.9 Å². The van der Waals surface area contributed by atoms with Gasteiger partial charge in [-0.2, -0.15) is 10.1 Å². The molecule has 1 aromatic carbocycles. The number of rotatable bonds is 7. The van der Waals surface area contributed by atoms with Crippen molar-refractivity contribution in [3.05, 3.63) is 30.1 Å². The van der Waals surface area contributed by atoms with Crippen molar-refractivity contribution in [2.75, 3.05) is 44.1 Å². The standard InChI is InChI=1S/C26H35N7O5/c1-8-37-23-19(22(34)28-17-11-16-14-31(5)30-21(16)20(12-17)36-7)13-27-24(29-23)33-10-9-18(15-33)32(6)25(35)38-26(2,3)4/h11-14,18H,8-10,15H2,1-7H3,(H,28,34). The van der Waals surface area contributed by atoms with E-state index in [1.807, 2.05) is 51.9 Å². The first kappa shape index (κ1) is 27.0. The normalized spacial score (nSPS) is 15.4. The number of hydrogen-bond acceptors (Lipinski definition) is 9. The van der Waals surface area contributed by atoms with Gasteiger partial charge in [0.2, 0.25) is 11.8 Å². The van der Waals surface area contributed by atoms with E-state index in [4.69, 9.17) is 14.2 Å². The molecule has 38 heavy (non-hydrogen) atoms. The molecule has 0 bridgehead atoms. The lowest BCUT2D eigenvalue weighted by Gasteiger charge is -2.28. The zero-order valence-corrected chi connectivity index (χ0v) is 22.9. The molecule has 3 aromatic rings. The topological polar surface area (TPSA) is 124 Å². The summed E-state index contributed by atoms with van der Waals surface area (Å²) >= 11 is 0. The van der Waals surface area contributed by atoms with Crippen molar-refractivity contribution >= 4 is 34.5 Å². The van der Waals surface area contributed by atoms with Crippen LogP contribution in [0.5, 0.6) is 11.6 Å². The van der Waals surface area contributed by atoms with Gasteiger partial charge in [-0.05, 0) is 40.2 Å². The maximum Gasteiger partial charge on any atom is 0.410 e. The number of amides is 2. The minimum absolute atomic E-state index is 0.0515. The summed E-state index contributed by atoms with van der Waals surface area (Å²) in [5.41, 5.74) is 0.899. The van der Waals surface area contributed by atoms with E-state index in [0.717, 1.165) is 11.8 Å². The van der Waals surface area contributed by atoms with Gasteiger partial charge in [0.05, 0.1) is 19.8 Å². The molecule has 1 N–H and O–H groups in total. The summed E-state index contributed by atoms with van der Waals surface area (Å²) in [6.45, 7) is 8.87. The van der Waals surface area contributed by atoms with E-state index in [1.165, 1.54) is 6.20 Å². The van der Waals surface area contributed by atoms with Crippen LogP contribution in [0, 0.1) is 0 Å². The highest BCUT2D eigenvalue weighted by atomic mass is 16.6. The third kappa shape index (κ3) is 5.90. The second-order valence-electron chi connectivity index (χ2n) is 10.2. The molecule has 1 aliphatic heterocycles. The number of carbonyl (C=O) groups excluding carboxylic acids is 2. The zero-order chi connectivity index (χ0) is 27.6. The number of hydrogen-bond donors (Lipinski definition) is 1. The molecule has 2 amide bonds. The van der Waals surface area contributed by atoms with Crippen LogP contribution in [0.2, 0.25) is 0 Å². The number of anilines is 2. The predicted octanol–water partition coefficient (Wildman–Crippen LogP) is 3.47. The number of aromatic nitrogens is 4. The number of nitrogens with zero attached hydrogens (tertiary/aromatic N) is 6. The molecule has 204 valence electrons. The van der Waals surface area contributed by atoms with Crippen molar-refractivity contribution in [1.29, 1.82) is 0 Å². The fourth-order valence-corrected chi connectivity index (χ4v) is 4.28. The summed E-state index contributed by atoms with van der Waals surface area (Å²) in [6.07, 6.45) is 3.69. The Labute approximate surface area is 221 Å². The first-order chi connectivity index (χ1) is 18.0. The van der Waals surface area contributed by atoms with Gasteiger partial charge in [-0.25, -0.2) is 9.78 Å². The Morgan fingerprint density at radius 3 is 2.71 bits per heavy atom. The van der Waals surface area contributed by atoms with Crippen molar-refractivity contribution < 1.29 is 23.8 Å². The summed E-state index contributed by atoms with van der Waals surface area (Å²) in [6, 6.07) is 3.49. The molecule has 1 fully saturated rings. The number of methoxy groups -OCH3 is 1. The molecule has 12 nitrogen and oxygen atoms in total. The lowest BCUT2D eigenvalue weighted by molar-refractivity contribution is 0.0237. The number of benzene rings is 1. The molecule has 1 unspecified atom stereocenters. The number of likely N-dealkylation sites (N-methyl/N-ethyl adjacent to an activating group) is 1. The van der Waals surface area contributed by atoms with E-state index in [0.29, 0.717) is 42.6 Å². The number of ether oxygens (including phenoxy) is 3. The summed E-state index contributed by atoms with van der Waals surface area (Å²) in [7, 11) is 5.12. The molecular formula is C26H35N7O5. The van der Waals surface area contributed by atoms with E-state index >= 15 is 0 Å². The van der Waals surface area contributed by atoms with E-state index in [-0.39, 0.29) is 23.6 Å². The third-order valence-corrected chi connectivity index (χ3v) is 6.11. The molecule has 0 aliphatic carbocycles. The van der Waals surface area contributed by atoms with Crippen molar-refractivity contribution in [3.63, 3.8) is 0 Å². The maximum atomic E-state index is 13.2. The molecule has 1 atom stereocenters. The number of nitrogens with one attached hydrogen (secondary N) is 1. The van der Waals surface area contributed by atoms with E-state index < -0.39 is 11.5 Å². The van der Waals surface area contributed by atoms with Crippen LogP contribution in [-0.4, -0.2) is 82.1 Å². The average Bonchev–Trinajstić information content (AvgIpc) is 3.48. The van der Waals surface area contributed by atoms with Crippen LogP contribution < -0.4 is 19.7 Å². The monoisotopic (exact) mass is 525 g/mol. The van der Waals surface area contributed by atoms with Crippen LogP contribution >= 0.6 is 0 Å². The quantitative estimate of drug-likeness (QED) is 0.494. The fourth-order valence-electron chi connectivity index (χ4n) is 4.28. The molecular weight excluding hydrogens is 490 g/mol. The molecule has 3 heterocycles. The summed E-state index contributed by atoms with van der Waals surface area (Å²) in [4.78, 5) is 38.3. The summed E-state index contributed by atoms with van der Waals surface area (Å²) < 4.78 is 18.4. The third-order valence-electron chi connectivity index (χ3n) is 6.11. The van der Waals surface area contributed by atoms with Gasteiger partial charge in [0, 0.05) is 56.7 Å². The average molecular weight is 526 g/mol. The highest BCUT2D eigenvalue weighted by molar-refractivity contribution is 6.06. The minimum Gasteiger partial charge on any atom is -0.494 e. The van der Waals surface area contributed by atoms with Crippen LogP contribution in [0.3, 0.4) is 0 Å². The van der Waals surface area contributed by atoms with E-state index in [9.17, 15) is 9.59 Å². The minimum atomic E-state index is -0.565. The van der Waals surface area contributed by atoms with Gasteiger partial charge in [-0.1, -0.05) is 0 Å². The molecule has 2 aromatic heterocycles. The second kappa shape index (κ2) is 10.7. The number of fused-ring (bicyclic) bond motifs is 1. The fraction of sp³-hybridized carbons (Fsp3) is 0.500. The largest absolute Gasteiger partial charge is 0.494 e. The van der Waals surface area contributed by atoms with Gasteiger partial charge < -0.3 is 29.3 Å². The molecule has 0 saturated carbocycles. The van der Waals surface area contributed by atoms with Crippen LogP contribution in [-0.2, 0) is 11.8 Å². The highest BCUT2D eigenvalue weighted by Gasteiger charge is 2.32. The second-order valence-corrected chi connectivity index (χ2v) is 10.2. The van der Waals surface area contributed by atoms with Crippen molar-refractivity contribution in [1.82, 2.24) is 24.6 Å². The van der Waals surface area contributed by atoms with Crippen molar-refractivity contribution in [3.8, 4) is 11.6 Å². The SMILES string of the molecule is CCOc1nc(N2CCC(N(C)C(=O)OC(C)(C)C)C2)ncc1C(=O)Nc1cc(OC)c2nn(C)cc2c1.